The molecule has 1 N–H and O–H groups in total. The van der Waals surface area contributed by atoms with Gasteiger partial charge in [-0.1, -0.05) is 5.16 Å². The maximum Gasteiger partial charge on any atom is 0.252 e. The molecule has 0 aliphatic carbocycles. The Hall–Kier alpha value is -2.41. The van der Waals surface area contributed by atoms with Crippen molar-refractivity contribution in [3.63, 3.8) is 0 Å². The smallest absolute Gasteiger partial charge is 0.252 e. The van der Waals surface area contributed by atoms with Crippen molar-refractivity contribution in [2.45, 2.75) is 33.1 Å². The molecule has 3 rings (SSSR count). The molecule has 0 bridgehead atoms. The number of pyridine rings is 1. The van der Waals surface area contributed by atoms with Gasteiger partial charge in [0.15, 0.2) is 0 Å². The second-order valence-electron chi connectivity index (χ2n) is 6.52. The molecule has 1 saturated heterocycles. The SMILES string of the molecule is Cc1noc(C)c1CCCNC(=O)c1ccc(N2CCCOCC2)nc1. The van der Waals surface area contributed by atoms with E-state index in [1.807, 2.05) is 26.0 Å². The van der Waals surface area contributed by atoms with Crippen LogP contribution in [0.15, 0.2) is 22.9 Å². The monoisotopic (exact) mass is 358 g/mol. The molecule has 0 saturated carbocycles. The Morgan fingerprint density at radius 3 is 2.88 bits per heavy atom. The van der Waals surface area contributed by atoms with Crippen LogP contribution in [0, 0.1) is 13.8 Å². The van der Waals surface area contributed by atoms with Gasteiger partial charge in [0.25, 0.3) is 5.91 Å². The molecule has 140 valence electrons. The summed E-state index contributed by atoms with van der Waals surface area (Å²) >= 11 is 0. The fraction of sp³-hybridized carbons (Fsp3) is 0.526. The first kappa shape index (κ1) is 18.4. The standard InChI is InChI=1S/C19H26N4O3/c1-14-17(15(2)26-22-14)5-3-8-20-19(24)16-6-7-18(21-13-16)23-9-4-11-25-12-10-23/h6-7,13H,3-5,8-12H2,1-2H3,(H,20,24). The van der Waals surface area contributed by atoms with E-state index in [1.165, 1.54) is 0 Å². The molecule has 0 spiro atoms. The van der Waals surface area contributed by atoms with Gasteiger partial charge >= 0.3 is 0 Å². The number of carbonyl (C=O) groups excluding carboxylic acids is 1. The highest BCUT2D eigenvalue weighted by molar-refractivity contribution is 5.94. The molecule has 26 heavy (non-hydrogen) atoms. The van der Waals surface area contributed by atoms with Gasteiger partial charge in [-0.15, -0.1) is 0 Å². The number of nitrogens with one attached hydrogen (secondary N) is 1. The number of aromatic nitrogens is 2. The minimum atomic E-state index is -0.0954. The maximum atomic E-state index is 12.3. The largest absolute Gasteiger partial charge is 0.380 e. The summed E-state index contributed by atoms with van der Waals surface area (Å²) in [5, 5.41) is 6.89. The van der Waals surface area contributed by atoms with Crippen molar-refractivity contribution in [2.24, 2.45) is 0 Å². The zero-order valence-corrected chi connectivity index (χ0v) is 15.5. The molecule has 0 atom stereocenters. The molecule has 0 aromatic carbocycles. The van der Waals surface area contributed by atoms with Crippen LogP contribution >= 0.6 is 0 Å². The number of hydrogen-bond donors (Lipinski definition) is 1. The maximum absolute atomic E-state index is 12.3. The van der Waals surface area contributed by atoms with Crippen molar-refractivity contribution in [3.05, 3.63) is 40.9 Å². The van der Waals surface area contributed by atoms with Crippen LogP contribution in [0.1, 0.15) is 40.2 Å². The second kappa shape index (κ2) is 8.80. The van der Waals surface area contributed by atoms with Crippen LogP contribution in [0.4, 0.5) is 5.82 Å². The van der Waals surface area contributed by atoms with E-state index in [4.69, 9.17) is 9.26 Å². The zero-order valence-electron chi connectivity index (χ0n) is 15.5. The average molecular weight is 358 g/mol. The molecule has 1 fully saturated rings. The van der Waals surface area contributed by atoms with Gasteiger partial charge in [0.05, 0.1) is 17.9 Å². The first-order valence-electron chi connectivity index (χ1n) is 9.14. The van der Waals surface area contributed by atoms with E-state index >= 15 is 0 Å². The lowest BCUT2D eigenvalue weighted by Crippen LogP contribution is -2.28. The van der Waals surface area contributed by atoms with Crippen LogP contribution in [0.2, 0.25) is 0 Å². The van der Waals surface area contributed by atoms with E-state index < -0.39 is 0 Å². The van der Waals surface area contributed by atoms with E-state index in [-0.39, 0.29) is 5.91 Å². The highest BCUT2D eigenvalue weighted by Crippen LogP contribution is 2.15. The number of rotatable bonds is 6. The third-order valence-electron chi connectivity index (χ3n) is 4.63. The van der Waals surface area contributed by atoms with Gasteiger partial charge in [0, 0.05) is 38.0 Å². The third kappa shape index (κ3) is 4.60. The zero-order chi connectivity index (χ0) is 18.4. The van der Waals surface area contributed by atoms with Gasteiger partial charge in [-0.2, -0.15) is 0 Å². The molecule has 3 heterocycles. The molecule has 7 nitrogen and oxygen atoms in total. The summed E-state index contributed by atoms with van der Waals surface area (Å²) in [6.07, 6.45) is 4.32. The van der Waals surface area contributed by atoms with Gasteiger partial charge in [0.1, 0.15) is 11.6 Å². The lowest BCUT2D eigenvalue weighted by Gasteiger charge is -2.20. The Bertz CT molecular complexity index is 699. The van der Waals surface area contributed by atoms with E-state index in [0.29, 0.717) is 12.1 Å². The van der Waals surface area contributed by atoms with E-state index in [1.54, 1.807) is 6.20 Å². The van der Waals surface area contributed by atoms with Crippen LogP contribution in [0.25, 0.3) is 0 Å². The molecule has 0 radical (unpaired) electrons. The Morgan fingerprint density at radius 2 is 2.15 bits per heavy atom. The highest BCUT2D eigenvalue weighted by Gasteiger charge is 2.13. The van der Waals surface area contributed by atoms with Crippen molar-refractivity contribution in [3.8, 4) is 0 Å². The molecule has 0 unspecified atom stereocenters. The van der Waals surface area contributed by atoms with Crippen molar-refractivity contribution < 1.29 is 14.1 Å². The van der Waals surface area contributed by atoms with Crippen LogP contribution < -0.4 is 10.2 Å². The molecular formula is C19H26N4O3. The molecular weight excluding hydrogens is 332 g/mol. The first-order chi connectivity index (χ1) is 12.6. The number of amides is 1. The van der Waals surface area contributed by atoms with E-state index in [0.717, 1.165) is 68.4 Å². The fourth-order valence-electron chi connectivity index (χ4n) is 3.11. The molecule has 1 aliphatic heterocycles. The molecule has 1 amide bonds. The summed E-state index contributed by atoms with van der Waals surface area (Å²) in [6.45, 7) is 7.74. The lowest BCUT2D eigenvalue weighted by atomic mass is 10.1. The minimum absolute atomic E-state index is 0.0954. The van der Waals surface area contributed by atoms with Crippen LogP contribution in [0.3, 0.4) is 0 Å². The predicted molar refractivity (Wildman–Crippen MR) is 98.5 cm³/mol. The summed E-state index contributed by atoms with van der Waals surface area (Å²) in [6, 6.07) is 3.74. The van der Waals surface area contributed by atoms with Crippen molar-refractivity contribution >= 4 is 11.7 Å². The number of nitrogens with zero attached hydrogens (tertiary/aromatic N) is 3. The number of carbonyl (C=O) groups is 1. The van der Waals surface area contributed by atoms with Gasteiger partial charge in [-0.05, 0) is 45.2 Å². The quantitative estimate of drug-likeness (QED) is 0.798. The van der Waals surface area contributed by atoms with Crippen LogP contribution in [-0.2, 0) is 11.2 Å². The Balaban J connectivity index is 1.47. The predicted octanol–water partition coefficient (Wildman–Crippen LogP) is 2.28. The van der Waals surface area contributed by atoms with E-state index in [2.05, 4.69) is 20.4 Å². The van der Waals surface area contributed by atoms with Crippen molar-refractivity contribution in [1.29, 1.82) is 0 Å². The average Bonchev–Trinajstić information content (AvgIpc) is 2.85. The van der Waals surface area contributed by atoms with Gasteiger partial charge in [-0.25, -0.2) is 4.98 Å². The minimum Gasteiger partial charge on any atom is -0.380 e. The normalized spacial score (nSPS) is 14.9. The molecule has 7 heteroatoms. The fourth-order valence-corrected chi connectivity index (χ4v) is 3.11. The Morgan fingerprint density at radius 1 is 1.27 bits per heavy atom. The lowest BCUT2D eigenvalue weighted by molar-refractivity contribution is 0.0953. The highest BCUT2D eigenvalue weighted by atomic mass is 16.5. The van der Waals surface area contributed by atoms with Gasteiger partial charge in [-0.3, -0.25) is 4.79 Å². The second-order valence-corrected chi connectivity index (χ2v) is 6.52. The van der Waals surface area contributed by atoms with Gasteiger partial charge < -0.3 is 19.5 Å². The number of ether oxygens (including phenoxy) is 1. The van der Waals surface area contributed by atoms with E-state index in [9.17, 15) is 4.79 Å². The Labute approximate surface area is 153 Å². The number of anilines is 1. The molecule has 2 aromatic heterocycles. The Kier molecular flexibility index (Phi) is 6.22. The van der Waals surface area contributed by atoms with Crippen molar-refractivity contribution in [2.75, 3.05) is 37.7 Å². The summed E-state index contributed by atoms with van der Waals surface area (Å²) in [5.74, 6) is 1.65. The van der Waals surface area contributed by atoms with Crippen LogP contribution in [0.5, 0.6) is 0 Å². The van der Waals surface area contributed by atoms with Crippen molar-refractivity contribution in [1.82, 2.24) is 15.5 Å². The summed E-state index contributed by atoms with van der Waals surface area (Å²) in [4.78, 5) is 18.9. The molecule has 1 aliphatic rings. The number of aryl methyl sites for hydroxylation is 2. The first-order valence-corrected chi connectivity index (χ1v) is 9.14. The summed E-state index contributed by atoms with van der Waals surface area (Å²) in [5.41, 5.74) is 2.64. The number of hydrogen-bond acceptors (Lipinski definition) is 6. The van der Waals surface area contributed by atoms with Gasteiger partial charge in [0.2, 0.25) is 0 Å². The summed E-state index contributed by atoms with van der Waals surface area (Å²) < 4.78 is 10.6. The summed E-state index contributed by atoms with van der Waals surface area (Å²) in [7, 11) is 0. The van der Waals surface area contributed by atoms with Crippen LogP contribution in [-0.4, -0.2) is 48.9 Å². The molecule has 2 aromatic rings. The topological polar surface area (TPSA) is 80.5 Å². The third-order valence-corrected chi connectivity index (χ3v) is 4.63.